The largest absolute Gasteiger partial charge is 0.289 e. The maximum absolute atomic E-state index is 11.3. The van der Waals surface area contributed by atoms with Crippen LogP contribution in [0.3, 0.4) is 0 Å². The Morgan fingerprint density at radius 3 is 2.27 bits per heavy atom. The number of hydrogen-bond donors (Lipinski definition) is 1. The lowest BCUT2D eigenvalue weighted by atomic mass is 10.1. The van der Waals surface area contributed by atoms with Crippen LogP contribution in [0.5, 0.6) is 0 Å². The van der Waals surface area contributed by atoms with Gasteiger partial charge in [-0.1, -0.05) is 40.2 Å². The fourth-order valence-corrected chi connectivity index (χ4v) is 1.77. The first-order valence-electron chi connectivity index (χ1n) is 4.43. The molecule has 1 heterocycles. The van der Waals surface area contributed by atoms with Crippen molar-refractivity contribution in [2.45, 2.75) is 5.33 Å². The Kier molecular flexibility index (Phi) is 2.68. The fraction of sp³-hybridized carbons (Fsp3) is 0.0909. The molecule has 0 radical (unpaired) electrons. The molecule has 1 aromatic rings. The Hall–Kier alpha value is -1.42. The molecule has 0 aliphatic carbocycles. The van der Waals surface area contributed by atoms with Crippen LogP contribution in [0.2, 0.25) is 0 Å². The normalized spacial score (nSPS) is 15.1. The van der Waals surface area contributed by atoms with E-state index in [-0.39, 0.29) is 11.8 Å². The Bertz CT molecular complexity index is 448. The molecule has 0 fully saturated rings. The summed E-state index contributed by atoms with van der Waals surface area (Å²) in [5.74, 6) is -0.675. The predicted molar refractivity (Wildman–Crippen MR) is 60.2 cm³/mol. The summed E-state index contributed by atoms with van der Waals surface area (Å²) in [7, 11) is 0. The zero-order valence-electron chi connectivity index (χ0n) is 7.79. The van der Waals surface area contributed by atoms with Gasteiger partial charge in [0.25, 0.3) is 11.8 Å². The monoisotopic (exact) mass is 265 g/mol. The second-order valence-electron chi connectivity index (χ2n) is 3.21. The second-order valence-corrected chi connectivity index (χ2v) is 3.77. The summed E-state index contributed by atoms with van der Waals surface area (Å²) >= 11 is 3.34. The van der Waals surface area contributed by atoms with Gasteiger partial charge >= 0.3 is 0 Å². The molecule has 2 amide bonds. The van der Waals surface area contributed by atoms with Crippen LogP contribution in [0, 0.1) is 0 Å². The number of hydrogen-bond acceptors (Lipinski definition) is 2. The van der Waals surface area contributed by atoms with E-state index in [9.17, 15) is 9.59 Å². The van der Waals surface area contributed by atoms with Gasteiger partial charge in [-0.25, -0.2) is 0 Å². The van der Waals surface area contributed by atoms with Crippen molar-refractivity contribution in [2.75, 3.05) is 0 Å². The third-order valence-electron chi connectivity index (χ3n) is 2.18. The Morgan fingerprint density at radius 2 is 1.80 bits per heavy atom. The van der Waals surface area contributed by atoms with Crippen molar-refractivity contribution in [3.05, 3.63) is 41.5 Å². The molecule has 0 saturated carbocycles. The Balaban J connectivity index is 2.34. The second kappa shape index (κ2) is 3.98. The first kappa shape index (κ1) is 10.1. The van der Waals surface area contributed by atoms with Gasteiger partial charge < -0.3 is 0 Å². The smallest absolute Gasteiger partial charge is 0.258 e. The van der Waals surface area contributed by atoms with Crippen LogP contribution >= 0.6 is 15.9 Å². The molecule has 0 saturated heterocycles. The third kappa shape index (κ3) is 1.99. The maximum Gasteiger partial charge on any atom is 0.258 e. The molecule has 1 aromatic carbocycles. The van der Waals surface area contributed by atoms with E-state index < -0.39 is 0 Å². The summed E-state index contributed by atoms with van der Waals surface area (Å²) < 4.78 is 0. The van der Waals surface area contributed by atoms with Crippen LogP contribution in [0.15, 0.2) is 30.3 Å². The topological polar surface area (TPSA) is 46.2 Å². The molecule has 0 bridgehead atoms. The summed E-state index contributed by atoms with van der Waals surface area (Å²) in [6.07, 6.45) is 1.32. The number of carbonyl (C=O) groups excluding carboxylic acids is 2. The van der Waals surface area contributed by atoms with Crippen molar-refractivity contribution in [1.82, 2.24) is 5.32 Å². The highest BCUT2D eigenvalue weighted by Crippen LogP contribution is 2.19. The van der Waals surface area contributed by atoms with E-state index in [1.165, 1.54) is 6.08 Å². The minimum atomic E-state index is -0.348. The van der Waals surface area contributed by atoms with Gasteiger partial charge in [0.1, 0.15) is 0 Å². The summed E-state index contributed by atoms with van der Waals surface area (Å²) in [5.41, 5.74) is 2.33. The average Bonchev–Trinajstić information content (AvgIpc) is 2.58. The molecule has 15 heavy (non-hydrogen) atoms. The maximum atomic E-state index is 11.3. The SMILES string of the molecule is O=C1C=C(c2ccc(CBr)cc2)C(=O)N1. The summed E-state index contributed by atoms with van der Waals surface area (Å²) in [5, 5.41) is 2.99. The van der Waals surface area contributed by atoms with Crippen LogP contribution in [-0.4, -0.2) is 11.8 Å². The van der Waals surface area contributed by atoms with E-state index in [1.807, 2.05) is 24.3 Å². The summed E-state index contributed by atoms with van der Waals surface area (Å²) in [6, 6.07) is 7.50. The molecule has 4 heteroatoms. The van der Waals surface area contributed by atoms with Crippen molar-refractivity contribution in [3.8, 4) is 0 Å². The van der Waals surface area contributed by atoms with Crippen LogP contribution in [0.25, 0.3) is 5.57 Å². The molecule has 76 valence electrons. The number of amides is 2. The molecule has 2 rings (SSSR count). The average molecular weight is 266 g/mol. The molecule has 3 nitrogen and oxygen atoms in total. The summed E-state index contributed by atoms with van der Waals surface area (Å²) in [4.78, 5) is 22.3. The zero-order chi connectivity index (χ0) is 10.8. The molecule has 0 aromatic heterocycles. The first-order valence-corrected chi connectivity index (χ1v) is 5.55. The van der Waals surface area contributed by atoms with Crippen molar-refractivity contribution in [1.29, 1.82) is 0 Å². The van der Waals surface area contributed by atoms with E-state index in [2.05, 4.69) is 21.2 Å². The van der Waals surface area contributed by atoms with Crippen molar-refractivity contribution < 1.29 is 9.59 Å². The fourth-order valence-electron chi connectivity index (χ4n) is 1.40. The molecule has 1 aliphatic rings. The van der Waals surface area contributed by atoms with Gasteiger partial charge in [0, 0.05) is 11.4 Å². The minimum absolute atomic E-state index is 0.327. The first-order chi connectivity index (χ1) is 7.20. The van der Waals surface area contributed by atoms with Crippen molar-refractivity contribution in [2.24, 2.45) is 0 Å². The lowest BCUT2D eigenvalue weighted by Crippen LogP contribution is -2.21. The van der Waals surface area contributed by atoms with Gasteiger partial charge in [-0.15, -0.1) is 0 Å². The Morgan fingerprint density at radius 1 is 1.13 bits per heavy atom. The molecule has 0 unspecified atom stereocenters. The van der Waals surface area contributed by atoms with Crippen LogP contribution < -0.4 is 5.32 Å². The number of benzene rings is 1. The number of alkyl halides is 1. The molecule has 1 N–H and O–H groups in total. The van der Waals surface area contributed by atoms with E-state index >= 15 is 0 Å². The molecular weight excluding hydrogens is 258 g/mol. The van der Waals surface area contributed by atoms with Gasteiger partial charge in [0.2, 0.25) is 0 Å². The number of nitrogens with one attached hydrogen (secondary N) is 1. The van der Waals surface area contributed by atoms with Crippen molar-refractivity contribution >= 4 is 33.3 Å². The van der Waals surface area contributed by atoms with E-state index in [0.29, 0.717) is 5.57 Å². The van der Waals surface area contributed by atoms with Gasteiger partial charge in [-0.05, 0) is 11.1 Å². The summed E-state index contributed by atoms with van der Waals surface area (Å²) in [6.45, 7) is 0. The van der Waals surface area contributed by atoms with E-state index in [4.69, 9.17) is 0 Å². The van der Waals surface area contributed by atoms with Crippen LogP contribution in [0.4, 0.5) is 0 Å². The van der Waals surface area contributed by atoms with Gasteiger partial charge in [0.05, 0.1) is 5.57 Å². The highest BCUT2D eigenvalue weighted by atomic mass is 79.9. The number of rotatable bonds is 2. The van der Waals surface area contributed by atoms with Crippen LogP contribution in [-0.2, 0) is 14.9 Å². The highest BCUT2D eigenvalue weighted by molar-refractivity contribution is 9.08. The van der Waals surface area contributed by atoms with E-state index in [1.54, 1.807) is 0 Å². The molecule has 1 aliphatic heterocycles. The Labute approximate surface area is 95.3 Å². The van der Waals surface area contributed by atoms with Crippen LogP contribution in [0.1, 0.15) is 11.1 Å². The highest BCUT2D eigenvalue weighted by Gasteiger charge is 2.21. The predicted octanol–water partition coefficient (Wildman–Crippen LogP) is 1.62. The quantitative estimate of drug-likeness (QED) is 0.653. The number of halogens is 1. The zero-order valence-corrected chi connectivity index (χ0v) is 9.37. The third-order valence-corrected chi connectivity index (χ3v) is 2.82. The van der Waals surface area contributed by atoms with E-state index in [0.717, 1.165) is 16.5 Å². The molecule has 0 spiro atoms. The molecule has 0 atom stereocenters. The lowest BCUT2D eigenvalue weighted by molar-refractivity contribution is -0.123. The lowest BCUT2D eigenvalue weighted by Gasteiger charge is -2.01. The number of carbonyl (C=O) groups is 2. The van der Waals surface area contributed by atoms with Gasteiger partial charge in [0.15, 0.2) is 0 Å². The van der Waals surface area contributed by atoms with Gasteiger partial charge in [-0.2, -0.15) is 0 Å². The molecular formula is C11H8BrNO2. The van der Waals surface area contributed by atoms with Crippen molar-refractivity contribution in [3.63, 3.8) is 0 Å². The number of imide groups is 1. The minimum Gasteiger partial charge on any atom is -0.289 e. The van der Waals surface area contributed by atoms with Gasteiger partial charge in [-0.3, -0.25) is 14.9 Å². The standard InChI is InChI=1S/C11H8BrNO2/c12-6-7-1-3-8(4-2-7)9-5-10(14)13-11(9)15/h1-5H,6H2,(H,13,14,15).